The Labute approximate surface area is 188 Å². The van der Waals surface area contributed by atoms with Crippen LogP contribution in [-0.2, 0) is 11.2 Å². The molecule has 1 aliphatic heterocycles. The van der Waals surface area contributed by atoms with Gasteiger partial charge in [-0.3, -0.25) is 9.79 Å². The molecule has 2 aliphatic rings. The summed E-state index contributed by atoms with van der Waals surface area (Å²) in [6, 6.07) is 0.346. The third-order valence-corrected chi connectivity index (χ3v) is 6.03. The van der Waals surface area contributed by atoms with Crippen molar-refractivity contribution < 1.29 is 4.79 Å². The molecule has 0 spiro atoms. The second-order valence-corrected chi connectivity index (χ2v) is 7.85. The van der Waals surface area contributed by atoms with E-state index in [4.69, 9.17) is 0 Å². The Kier molecular flexibility index (Phi) is 9.69. The van der Waals surface area contributed by atoms with E-state index in [2.05, 4.69) is 41.7 Å². The Morgan fingerprint density at radius 3 is 2.54 bits per heavy atom. The molecule has 0 atom stereocenters. The van der Waals surface area contributed by atoms with Crippen LogP contribution in [-0.4, -0.2) is 71.9 Å². The molecule has 0 radical (unpaired) electrons. The van der Waals surface area contributed by atoms with Gasteiger partial charge in [0.2, 0.25) is 11.0 Å². The zero-order valence-corrected chi connectivity index (χ0v) is 20.0. The van der Waals surface area contributed by atoms with E-state index in [-0.39, 0.29) is 36.4 Å². The van der Waals surface area contributed by atoms with Gasteiger partial charge in [-0.25, -0.2) is 4.98 Å². The molecule has 10 heteroatoms. The van der Waals surface area contributed by atoms with Crippen molar-refractivity contribution >= 4 is 52.5 Å². The van der Waals surface area contributed by atoms with Gasteiger partial charge in [-0.05, 0) is 12.8 Å². The fourth-order valence-electron chi connectivity index (χ4n) is 3.64. The molecule has 1 saturated heterocycles. The number of hydrogen-bond donors (Lipinski definition) is 2. The van der Waals surface area contributed by atoms with Crippen LogP contribution in [0.3, 0.4) is 0 Å². The molecule has 0 unspecified atom stereocenters. The average Bonchev–Trinajstić information content (AvgIpc) is 3.19. The Bertz CT molecular complexity index is 640. The summed E-state index contributed by atoms with van der Waals surface area (Å²) in [5, 5.41) is 7.36. The molecule has 3 rings (SSSR count). The van der Waals surface area contributed by atoms with Crippen molar-refractivity contribution in [3.8, 4) is 0 Å². The summed E-state index contributed by atoms with van der Waals surface area (Å²) >= 11 is 1.47. The highest BCUT2D eigenvalue weighted by atomic mass is 127. The molecular formula is C18H32IN7OS. The minimum atomic E-state index is 0. The standard InChI is InChI=1S/C18H31N7OS.HI/c1-3-15-22-18(27-23-15)25-11-9-24(10-12-25)17(19-2)20-13-16(26)21-14-7-5-4-6-8-14;/h14H,3-13H2,1-2H3,(H,19,20)(H,21,26);1H. The van der Waals surface area contributed by atoms with E-state index in [0.717, 1.165) is 62.4 Å². The monoisotopic (exact) mass is 521 g/mol. The van der Waals surface area contributed by atoms with Gasteiger partial charge in [0, 0.05) is 57.2 Å². The van der Waals surface area contributed by atoms with Gasteiger partial charge in [-0.2, -0.15) is 4.37 Å². The zero-order chi connectivity index (χ0) is 19.1. The van der Waals surface area contributed by atoms with E-state index < -0.39 is 0 Å². The molecule has 158 valence electrons. The number of carbonyl (C=O) groups excluding carboxylic acids is 1. The molecule has 2 fully saturated rings. The van der Waals surface area contributed by atoms with E-state index in [9.17, 15) is 4.79 Å². The number of piperazine rings is 1. The molecule has 28 heavy (non-hydrogen) atoms. The predicted octanol–water partition coefficient (Wildman–Crippen LogP) is 1.86. The van der Waals surface area contributed by atoms with Gasteiger partial charge in [0.1, 0.15) is 5.82 Å². The quantitative estimate of drug-likeness (QED) is 0.350. The van der Waals surface area contributed by atoms with E-state index in [0.29, 0.717) is 6.04 Å². The SMILES string of the molecule is CCc1nsc(N2CCN(C(=NC)NCC(=O)NC3CCCCC3)CC2)n1.I. The van der Waals surface area contributed by atoms with Crippen molar-refractivity contribution in [2.75, 3.05) is 44.7 Å². The fourth-order valence-corrected chi connectivity index (χ4v) is 4.44. The predicted molar refractivity (Wildman–Crippen MR) is 125 cm³/mol. The lowest BCUT2D eigenvalue weighted by Gasteiger charge is -2.36. The first-order valence-corrected chi connectivity index (χ1v) is 10.8. The van der Waals surface area contributed by atoms with Crippen molar-refractivity contribution in [1.82, 2.24) is 24.9 Å². The van der Waals surface area contributed by atoms with Crippen LogP contribution in [0.1, 0.15) is 44.9 Å². The Hall–Kier alpha value is -1.17. The van der Waals surface area contributed by atoms with Crippen LogP contribution in [0.2, 0.25) is 0 Å². The van der Waals surface area contributed by atoms with Crippen LogP contribution >= 0.6 is 35.5 Å². The number of aryl methyl sites for hydroxylation is 1. The largest absolute Gasteiger partial charge is 0.352 e. The lowest BCUT2D eigenvalue weighted by Crippen LogP contribution is -2.54. The fraction of sp³-hybridized carbons (Fsp3) is 0.778. The van der Waals surface area contributed by atoms with Gasteiger partial charge in [-0.15, -0.1) is 24.0 Å². The van der Waals surface area contributed by atoms with Crippen molar-refractivity contribution in [2.24, 2.45) is 4.99 Å². The first kappa shape index (κ1) is 23.1. The minimum absolute atomic E-state index is 0. The Balaban J connectivity index is 0.00000280. The second-order valence-electron chi connectivity index (χ2n) is 7.12. The molecule has 1 aromatic heterocycles. The number of rotatable bonds is 5. The summed E-state index contributed by atoms with van der Waals surface area (Å²) in [5.41, 5.74) is 0. The minimum Gasteiger partial charge on any atom is -0.352 e. The summed E-state index contributed by atoms with van der Waals surface area (Å²) in [6.45, 7) is 5.82. The number of nitrogens with zero attached hydrogens (tertiary/aromatic N) is 5. The van der Waals surface area contributed by atoms with Crippen LogP contribution < -0.4 is 15.5 Å². The summed E-state index contributed by atoms with van der Waals surface area (Å²) in [7, 11) is 1.77. The number of guanidine groups is 1. The number of hydrogen-bond acceptors (Lipinski definition) is 6. The first-order valence-electron chi connectivity index (χ1n) is 10.0. The third kappa shape index (κ3) is 6.43. The maximum Gasteiger partial charge on any atom is 0.239 e. The van der Waals surface area contributed by atoms with Crippen LogP contribution in [0.25, 0.3) is 0 Å². The van der Waals surface area contributed by atoms with Crippen molar-refractivity contribution in [3.63, 3.8) is 0 Å². The van der Waals surface area contributed by atoms with Gasteiger partial charge in [0.05, 0.1) is 6.54 Å². The molecule has 1 aromatic rings. The average molecular weight is 521 g/mol. The van der Waals surface area contributed by atoms with Crippen LogP contribution in [0.4, 0.5) is 5.13 Å². The smallest absolute Gasteiger partial charge is 0.239 e. The van der Waals surface area contributed by atoms with Gasteiger partial charge in [0.15, 0.2) is 5.96 Å². The third-order valence-electron chi connectivity index (χ3n) is 5.21. The summed E-state index contributed by atoms with van der Waals surface area (Å²) < 4.78 is 4.37. The van der Waals surface area contributed by atoms with E-state index in [1.54, 1.807) is 7.05 Å². The van der Waals surface area contributed by atoms with Crippen LogP contribution in [0.15, 0.2) is 4.99 Å². The van der Waals surface area contributed by atoms with Gasteiger partial charge in [0.25, 0.3) is 0 Å². The number of anilines is 1. The topological polar surface area (TPSA) is 85.8 Å². The van der Waals surface area contributed by atoms with Crippen molar-refractivity contribution in [2.45, 2.75) is 51.5 Å². The summed E-state index contributed by atoms with van der Waals surface area (Å²) in [5.74, 6) is 1.77. The van der Waals surface area contributed by atoms with Gasteiger partial charge < -0.3 is 20.4 Å². The number of halogens is 1. The molecule has 1 saturated carbocycles. The lowest BCUT2D eigenvalue weighted by atomic mass is 9.95. The zero-order valence-electron chi connectivity index (χ0n) is 16.8. The number of nitrogens with one attached hydrogen (secondary N) is 2. The summed E-state index contributed by atoms with van der Waals surface area (Å²) in [6.07, 6.45) is 6.81. The van der Waals surface area contributed by atoms with Gasteiger partial charge in [-0.1, -0.05) is 26.2 Å². The molecule has 2 heterocycles. The molecule has 2 N–H and O–H groups in total. The maximum atomic E-state index is 12.2. The molecular weight excluding hydrogens is 489 g/mol. The maximum absolute atomic E-state index is 12.2. The normalized spacial score (nSPS) is 18.6. The molecule has 0 aromatic carbocycles. The first-order chi connectivity index (χ1) is 13.2. The van der Waals surface area contributed by atoms with Crippen molar-refractivity contribution in [3.05, 3.63) is 5.82 Å². The Morgan fingerprint density at radius 1 is 1.21 bits per heavy atom. The van der Waals surface area contributed by atoms with Gasteiger partial charge >= 0.3 is 0 Å². The van der Waals surface area contributed by atoms with Crippen LogP contribution in [0.5, 0.6) is 0 Å². The lowest BCUT2D eigenvalue weighted by molar-refractivity contribution is -0.120. The molecule has 1 amide bonds. The van der Waals surface area contributed by atoms with E-state index >= 15 is 0 Å². The molecule has 0 bridgehead atoms. The number of carbonyl (C=O) groups is 1. The molecule has 1 aliphatic carbocycles. The molecule has 8 nitrogen and oxygen atoms in total. The highest BCUT2D eigenvalue weighted by Gasteiger charge is 2.22. The number of aromatic nitrogens is 2. The number of amides is 1. The van der Waals surface area contributed by atoms with E-state index in [1.165, 1.54) is 30.8 Å². The highest BCUT2D eigenvalue weighted by Crippen LogP contribution is 2.19. The Morgan fingerprint density at radius 2 is 1.93 bits per heavy atom. The summed E-state index contributed by atoms with van der Waals surface area (Å²) in [4.78, 5) is 25.6. The van der Waals surface area contributed by atoms with E-state index in [1.807, 2.05) is 0 Å². The highest BCUT2D eigenvalue weighted by molar-refractivity contribution is 14.0. The van der Waals surface area contributed by atoms with Crippen molar-refractivity contribution in [1.29, 1.82) is 0 Å². The second kappa shape index (κ2) is 11.7. The van der Waals surface area contributed by atoms with Crippen LogP contribution in [0, 0.1) is 0 Å². The number of aliphatic imine (C=N–C) groups is 1.